The number of nitrogens with one attached hydrogen (secondary N) is 2. The van der Waals surface area contributed by atoms with Crippen molar-refractivity contribution in [3.05, 3.63) is 57.5 Å². The second-order valence-electron chi connectivity index (χ2n) is 6.80. The average molecular weight is 352 g/mol. The zero-order valence-electron chi connectivity index (χ0n) is 15.0. The monoisotopic (exact) mass is 352 g/mol. The summed E-state index contributed by atoms with van der Waals surface area (Å²) in [6.45, 7) is 5.64. The normalized spacial score (nSPS) is 15.0. The van der Waals surface area contributed by atoms with Crippen LogP contribution in [-0.2, 0) is 19.5 Å². The lowest BCUT2D eigenvalue weighted by molar-refractivity contribution is 0.327. The third kappa shape index (κ3) is 3.62. The number of rotatable bonds is 6. The number of H-pyrrole nitrogens is 1. The van der Waals surface area contributed by atoms with Gasteiger partial charge in [-0.25, -0.2) is 4.98 Å². The van der Waals surface area contributed by atoms with Crippen LogP contribution in [0.3, 0.4) is 0 Å². The van der Waals surface area contributed by atoms with Gasteiger partial charge < -0.3 is 5.32 Å². The first kappa shape index (κ1) is 16.8. The molecule has 1 aromatic carbocycles. The number of aromatic amines is 1. The second kappa shape index (κ2) is 7.29. The molecule has 0 spiro atoms. The summed E-state index contributed by atoms with van der Waals surface area (Å²) in [7, 11) is 0. The Morgan fingerprint density at radius 2 is 1.85 bits per heavy atom. The zero-order chi connectivity index (χ0) is 17.9. The van der Waals surface area contributed by atoms with Crippen LogP contribution in [0.4, 0.5) is 5.95 Å². The van der Waals surface area contributed by atoms with Crippen LogP contribution in [0.25, 0.3) is 5.78 Å². The molecular formula is C19H24N6O. The molecule has 0 unspecified atom stereocenters. The molecule has 1 aliphatic heterocycles. The van der Waals surface area contributed by atoms with Gasteiger partial charge in [0.15, 0.2) is 0 Å². The molecule has 1 fully saturated rings. The molecule has 0 radical (unpaired) electrons. The highest BCUT2D eigenvalue weighted by atomic mass is 16.1. The molecule has 26 heavy (non-hydrogen) atoms. The van der Waals surface area contributed by atoms with E-state index >= 15 is 0 Å². The van der Waals surface area contributed by atoms with Gasteiger partial charge in [-0.15, -0.1) is 0 Å². The van der Waals surface area contributed by atoms with Gasteiger partial charge in [0.25, 0.3) is 11.3 Å². The van der Waals surface area contributed by atoms with E-state index in [0.717, 1.165) is 30.8 Å². The van der Waals surface area contributed by atoms with Crippen molar-refractivity contribution in [1.29, 1.82) is 0 Å². The molecule has 1 aliphatic rings. The molecule has 1 saturated heterocycles. The number of aryl methyl sites for hydroxylation is 1. The second-order valence-corrected chi connectivity index (χ2v) is 6.80. The molecule has 4 rings (SSSR count). The van der Waals surface area contributed by atoms with Crippen molar-refractivity contribution in [3.63, 3.8) is 0 Å². The quantitative estimate of drug-likeness (QED) is 0.711. The number of likely N-dealkylation sites (tertiary alicyclic amines) is 1. The van der Waals surface area contributed by atoms with Crippen molar-refractivity contribution in [2.45, 2.75) is 39.3 Å². The summed E-state index contributed by atoms with van der Waals surface area (Å²) in [5.74, 6) is 0.961. The predicted octanol–water partition coefficient (Wildman–Crippen LogP) is 2.19. The van der Waals surface area contributed by atoms with Crippen LogP contribution in [0.5, 0.6) is 0 Å². The van der Waals surface area contributed by atoms with Gasteiger partial charge >= 0.3 is 0 Å². The molecule has 7 heteroatoms. The van der Waals surface area contributed by atoms with Crippen molar-refractivity contribution < 1.29 is 0 Å². The molecule has 3 heterocycles. The van der Waals surface area contributed by atoms with Gasteiger partial charge in [0, 0.05) is 19.2 Å². The molecule has 0 bridgehead atoms. The summed E-state index contributed by atoms with van der Waals surface area (Å²) in [6.07, 6.45) is 3.47. The number of fused-ring (bicyclic) bond motifs is 1. The molecule has 0 saturated carbocycles. The minimum Gasteiger partial charge on any atom is -0.351 e. The van der Waals surface area contributed by atoms with Crippen molar-refractivity contribution in [2.24, 2.45) is 0 Å². The van der Waals surface area contributed by atoms with E-state index in [0.29, 0.717) is 24.8 Å². The minimum absolute atomic E-state index is 0.128. The van der Waals surface area contributed by atoms with E-state index in [9.17, 15) is 4.79 Å². The van der Waals surface area contributed by atoms with E-state index in [-0.39, 0.29) is 5.56 Å². The number of anilines is 1. The topological polar surface area (TPSA) is 78.3 Å². The summed E-state index contributed by atoms with van der Waals surface area (Å²) in [6, 6.07) is 10.1. The molecule has 2 N–H and O–H groups in total. The maximum Gasteiger partial charge on any atom is 0.274 e. The van der Waals surface area contributed by atoms with Gasteiger partial charge in [-0.2, -0.15) is 9.50 Å². The lowest BCUT2D eigenvalue weighted by Crippen LogP contribution is -2.22. The zero-order valence-corrected chi connectivity index (χ0v) is 15.0. The van der Waals surface area contributed by atoms with Crippen molar-refractivity contribution in [2.75, 3.05) is 18.4 Å². The molecule has 0 amide bonds. The van der Waals surface area contributed by atoms with E-state index in [1.54, 1.807) is 6.07 Å². The Kier molecular flexibility index (Phi) is 4.71. The summed E-state index contributed by atoms with van der Waals surface area (Å²) in [4.78, 5) is 23.6. The van der Waals surface area contributed by atoms with Gasteiger partial charge in [-0.3, -0.25) is 14.8 Å². The van der Waals surface area contributed by atoms with E-state index in [1.807, 2.05) is 0 Å². The summed E-state index contributed by atoms with van der Waals surface area (Å²) >= 11 is 0. The highest BCUT2D eigenvalue weighted by Gasteiger charge is 2.14. The van der Waals surface area contributed by atoms with Crippen molar-refractivity contribution in [1.82, 2.24) is 24.5 Å². The van der Waals surface area contributed by atoms with Gasteiger partial charge in [0.1, 0.15) is 0 Å². The Bertz CT molecular complexity index is 937. The molecular weight excluding hydrogens is 328 g/mol. The number of hydrogen-bond donors (Lipinski definition) is 2. The first-order chi connectivity index (χ1) is 12.7. The standard InChI is InChI=1S/C19H24N6O/c1-2-14-5-7-15(8-6-14)12-20-18-22-19-21-16(11-17(26)25(19)23-18)13-24-9-3-4-10-24/h5-8,11H,2-4,9-10,12-13H2,1H3,(H2,20,21,22,23). The Morgan fingerprint density at radius 1 is 1.12 bits per heavy atom. The van der Waals surface area contributed by atoms with Crippen LogP contribution >= 0.6 is 0 Å². The Morgan fingerprint density at radius 3 is 2.58 bits per heavy atom. The lowest BCUT2D eigenvalue weighted by atomic mass is 10.1. The van der Waals surface area contributed by atoms with Gasteiger partial charge in [0.05, 0.1) is 5.69 Å². The summed E-state index contributed by atoms with van der Waals surface area (Å²) < 4.78 is 1.38. The van der Waals surface area contributed by atoms with Crippen LogP contribution in [0.1, 0.15) is 36.6 Å². The molecule has 0 atom stereocenters. The van der Waals surface area contributed by atoms with Crippen LogP contribution in [-0.4, -0.2) is 37.6 Å². The van der Waals surface area contributed by atoms with Crippen LogP contribution in [0.2, 0.25) is 0 Å². The summed E-state index contributed by atoms with van der Waals surface area (Å²) in [5, 5.41) is 6.21. The van der Waals surface area contributed by atoms with Gasteiger partial charge in [0.2, 0.25) is 5.95 Å². The molecule has 136 valence electrons. The highest BCUT2D eigenvalue weighted by molar-refractivity contribution is 5.38. The molecule has 3 aromatic rings. The largest absolute Gasteiger partial charge is 0.351 e. The van der Waals surface area contributed by atoms with Crippen molar-refractivity contribution in [3.8, 4) is 0 Å². The van der Waals surface area contributed by atoms with Crippen LogP contribution < -0.4 is 10.9 Å². The van der Waals surface area contributed by atoms with E-state index in [1.165, 1.54) is 22.9 Å². The highest BCUT2D eigenvalue weighted by Crippen LogP contribution is 2.12. The average Bonchev–Trinajstić information content (AvgIpc) is 3.30. The smallest absolute Gasteiger partial charge is 0.274 e. The third-order valence-corrected chi connectivity index (χ3v) is 4.86. The fraction of sp³-hybridized carbons (Fsp3) is 0.421. The van der Waals surface area contributed by atoms with Crippen molar-refractivity contribution >= 4 is 11.7 Å². The SMILES string of the molecule is CCc1ccc(CNc2nc3nc(CN4CCCC4)cc(=O)n3[nH]2)cc1. The molecule has 7 nitrogen and oxygen atoms in total. The first-order valence-electron chi connectivity index (χ1n) is 9.24. The minimum atomic E-state index is -0.128. The Balaban J connectivity index is 1.49. The fourth-order valence-electron chi connectivity index (χ4n) is 3.34. The first-order valence-corrected chi connectivity index (χ1v) is 9.24. The third-order valence-electron chi connectivity index (χ3n) is 4.86. The molecule has 2 aromatic heterocycles. The van der Waals surface area contributed by atoms with Gasteiger partial charge in [-0.1, -0.05) is 31.2 Å². The Hall–Kier alpha value is -2.67. The Labute approximate surface area is 152 Å². The number of aromatic nitrogens is 4. The number of nitrogens with zero attached hydrogens (tertiary/aromatic N) is 4. The fourth-order valence-corrected chi connectivity index (χ4v) is 3.34. The predicted molar refractivity (Wildman–Crippen MR) is 101 cm³/mol. The van der Waals surface area contributed by atoms with Gasteiger partial charge in [-0.05, 0) is 43.5 Å². The van der Waals surface area contributed by atoms with E-state index in [2.05, 4.69) is 56.5 Å². The molecule has 0 aliphatic carbocycles. The number of hydrogen-bond acceptors (Lipinski definition) is 5. The van der Waals surface area contributed by atoms with Crippen LogP contribution in [0.15, 0.2) is 35.1 Å². The van der Waals surface area contributed by atoms with E-state index < -0.39 is 0 Å². The van der Waals surface area contributed by atoms with E-state index in [4.69, 9.17) is 0 Å². The van der Waals surface area contributed by atoms with Crippen LogP contribution in [0, 0.1) is 0 Å². The summed E-state index contributed by atoms with van der Waals surface area (Å²) in [5.41, 5.74) is 3.14. The number of benzene rings is 1. The lowest BCUT2D eigenvalue weighted by Gasteiger charge is -2.12. The maximum atomic E-state index is 12.3. The maximum absolute atomic E-state index is 12.3.